The minimum absolute atomic E-state index is 0.0613. The summed E-state index contributed by atoms with van der Waals surface area (Å²) < 4.78 is 11.1. The molecule has 0 fully saturated rings. The van der Waals surface area contributed by atoms with Crippen LogP contribution in [0.25, 0.3) is 0 Å². The number of esters is 1. The first-order valence-electron chi connectivity index (χ1n) is 5.81. The van der Waals surface area contributed by atoms with Crippen molar-refractivity contribution in [3.63, 3.8) is 0 Å². The summed E-state index contributed by atoms with van der Waals surface area (Å²) in [6.07, 6.45) is 0. The molecule has 0 N–H and O–H groups in total. The standard InChI is InChI=1S/C14H10INO5/c1-20-13-7-2-9(8-12(13)15)14(17)21-11-5-3-10(4-6-11)16(18)19/h2-8H,1H3. The Bertz CT molecular complexity index is 684. The van der Waals surface area contributed by atoms with Gasteiger partial charge in [0, 0.05) is 12.1 Å². The fourth-order valence-corrected chi connectivity index (χ4v) is 2.33. The van der Waals surface area contributed by atoms with Crippen LogP contribution in [0, 0.1) is 13.7 Å². The first-order chi connectivity index (χ1) is 10.0. The number of nitrogens with zero attached hydrogens (tertiary/aromatic N) is 1. The van der Waals surface area contributed by atoms with Crippen molar-refractivity contribution in [3.8, 4) is 11.5 Å². The lowest BCUT2D eigenvalue weighted by atomic mass is 10.2. The summed E-state index contributed by atoms with van der Waals surface area (Å²) in [6.45, 7) is 0. The molecule has 0 aliphatic rings. The Balaban J connectivity index is 2.14. The third-order valence-electron chi connectivity index (χ3n) is 2.65. The van der Waals surface area contributed by atoms with Crippen molar-refractivity contribution in [1.29, 1.82) is 0 Å². The van der Waals surface area contributed by atoms with E-state index in [1.807, 2.05) is 0 Å². The van der Waals surface area contributed by atoms with Crippen LogP contribution in [-0.2, 0) is 0 Å². The first-order valence-corrected chi connectivity index (χ1v) is 6.89. The van der Waals surface area contributed by atoms with Crippen molar-refractivity contribution in [2.45, 2.75) is 0 Å². The predicted molar refractivity (Wildman–Crippen MR) is 83.8 cm³/mol. The van der Waals surface area contributed by atoms with Gasteiger partial charge in [-0.25, -0.2) is 4.79 Å². The highest BCUT2D eigenvalue weighted by molar-refractivity contribution is 14.1. The van der Waals surface area contributed by atoms with Gasteiger partial charge in [0.2, 0.25) is 0 Å². The maximum Gasteiger partial charge on any atom is 0.343 e. The maximum atomic E-state index is 12.0. The first kappa shape index (κ1) is 15.2. The molecular formula is C14H10INO5. The molecule has 2 rings (SSSR count). The van der Waals surface area contributed by atoms with Crippen LogP contribution < -0.4 is 9.47 Å². The zero-order valence-electron chi connectivity index (χ0n) is 10.9. The van der Waals surface area contributed by atoms with E-state index < -0.39 is 10.9 Å². The van der Waals surface area contributed by atoms with Crippen LogP contribution in [0.5, 0.6) is 11.5 Å². The van der Waals surface area contributed by atoms with E-state index in [1.54, 1.807) is 25.3 Å². The van der Waals surface area contributed by atoms with Crippen LogP contribution in [0.1, 0.15) is 10.4 Å². The van der Waals surface area contributed by atoms with E-state index in [0.29, 0.717) is 11.3 Å². The number of benzene rings is 2. The van der Waals surface area contributed by atoms with E-state index in [1.165, 1.54) is 24.3 Å². The van der Waals surface area contributed by atoms with Crippen LogP contribution in [-0.4, -0.2) is 18.0 Å². The topological polar surface area (TPSA) is 78.7 Å². The zero-order chi connectivity index (χ0) is 15.4. The molecule has 0 aliphatic carbocycles. The molecule has 0 aliphatic heterocycles. The van der Waals surface area contributed by atoms with E-state index in [4.69, 9.17) is 9.47 Å². The van der Waals surface area contributed by atoms with Crippen molar-refractivity contribution in [3.05, 3.63) is 61.7 Å². The van der Waals surface area contributed by atoms with Gasteiger partial charge in [-0.2, -0.15) is 0 Å². The van der Waals surface area contributed by atoms with Crippen molar-refractivity contribution in [2.24, 2.45) is 0 Å². The molecule has 0 spiro atoms. The molecule has 0 saturated heterocycles. The minimum atomic E-state index is -0.538. The van der Waals surface area contributed by atoms with Gasteiger partial charge in [-0.15, -0.1) is 0 Å². The van der Waals surface area contributed by atoms with Gasteiger partial charge in [-0.05, 0) is 52.9 Å². The number of hydrogen-bond donors (Lipinski definition) is 0. The number of carbonyl (C=O) groups excluding carboxylic acids is 1. The van der Waals surface area contributed by atoms with E-state index >= 15 is 0 Å². The van der Waals surface area contributed by atoms with Crippen molar-refractivity contribution in [2.75, 3.05) is 7.11 Å². The Kier molecular flexibility index (Phi) is 4.73. The molecule has 0 radical (unpaired) electrons. The fourth-order valence-electron chi connectivity index (χ4n) is 1.60. The minimum Gasteiger partial charge on any atom is -0.496 e. The Morgan fingerprint density at radius 1 is 1.19 bits per heavy atom. The quantitative estimate of drug-likeness (QED) is 0.259. The molecular weight excluding hydrogens is 389 g/mol. The average molecular weight is 399 g/mol. The van der Waals surface area contributed by atoms with Crippen LogP contribution >= 0.6 is 22.6 Å². The molecule has 6 nitrogen and oxygen atoms in total. The van der Waals surface area contributed by atoms with Gasteiger partial charge >= 0.3 is 5.97 Å². The second kappa shape index (κ2) is 6.53. The Labute approximate surface area is 134 Å². The lowest BCUT2D eigenvalue weighted by Gasteiger charge is -2.07. The number of rotatable bonds is 4. The highest BCUT2D eigenvalue weighted by atomic mass is 127. The van der Waals surface area contributed by atoms with Gasteiger partial charge in [-0.1, -0.05) is 0 Å². The van der Waals surface area contributed by atoms with Crippen molar-refractivity contribution >= 4 is 34.2 Å². The summed E-state index contributed by atoms with van der Waals surface area (Å²) in [7, 11) is 1.55. The SMILES string of the molecule is COc1ccc(C(=O)Oc2ccc([N+](=O)[O-])cc2)cc1I. The predicted octanol–water partition coefficient (Wildman–Crippen LogP) is 3.43. The van der Waals surface area contributed by atoms with Crippen LogP contribution in [0.3, 0.4) is 0 Å². The van der Waals surface area contributed by atoms with Gasteiger partial charge < -0.3 is 9.47 Å². The van der Waals surface area contributed by atoms with Crippen molar-refractivity contribution < 1.29 is 19.2 Å². The Hall–Kier alpha value is -2.16. The van der Waals surface area contributed by atoms with Gasteiger partial charge in [-0.3, -0.25) is 10.1 Å². The second-order valence-electron chi connectivity index (χ2n) is 3.99. The summed E-state index contributed by atoms with van der Waals surface area (Å²) in [5.74, 6) is 0.378. The summed E-state index contributed by atoms with van der Waals surface area (Å²) >= 11 is 2.05. The molecule has 0 bridgehead atoms. The highest BCUT2D eigenvalue weighted by Crippen LogP contribution is 2.23. The molecule has 2 aromatic rings. The van der Waals surface area contributed by atoms with Crippen LogP contribution in [0.2, 0.25) is 0 Å². The molecule has 0 aromatic heterocycles. The number of halogens is 1. The molecule has 0 amide bonds. The number of methoxy groups -OCH3 is 1. The summed E-state index contributed by atoms with van der Waals surface area (Å²) in [5.41, 5.74) is 0.312. The molecule has 0 atom stereocenters. The molecule has 21 heavy (non-hydrogen) atoms. The number of ether oxygens (including phenoxy) is 2. The smallest absolute Gasteiger partial charge is 0.343 e. The normalized spacial score (nSPS) is 10.0. The number of nitro groups is 1. The molecule has 0 heterocycles. The fraction of sp³-hybridized carbons (Fsp3) is 0.0714. The number of nitro benzene ring substituents is 1. The van der Waals surface area contributed by atoms with E-state index in [2.05, 4.69) is 22.6 Å². The largest absolute Gasteiger partial charge is 0.496 e. The van der Waals surface area contributed by atoms with E-state index in [9.17, 15) is 14.9 Å². The highest BCUT2D eigenvalue weighted by Gasteiger charge is 2.12. The molecule has 0 unspecified atom stereocenters. The lowest BCUT2D eigenvalue weighted by Crippen LogP contribution is -2.08. The van der Waals surface area contributed by atoms with Gasteiger partial charge in [0.05, 0.1) is 21.2 Å². The molecule has 0 saturated carbocycles. The Morgan fingerprint density at radius 3 is 2.38 bits per heavy atom. The third-order valence-corrected chi connectivity index (χ3v) is 3.49. The van der Waals surface area contributed by atoms with Crippen molar-refractivity contribution in [1.82, 2.24) is 0 Å². The van der Waals surface area contributed by atoms with Crippen LogP contribution in [0.15, 0.2) is 42.5 Å². The third kappa shape index (κ3) is 3.69. The number of non-ortho nitro benzene ring substituents is 1. The van der Waals surface area contributed by atoms with E-state index in [-0.39, 0.29) is 11.4 Å². The summed E-state index contributed by atoms with van der Waals surface area (Å²) in [6, 6.07) is 10.2. The average Bonchev–Trinajstić information content (AvgIpc) is 2.47. The van der Waals surface area contributed by atoms with Gasteiger partial charge in [0.15, 0.2) is 0 Å². The van der Waals surface area contributed by atoms with Crippen LogP contribution in [0.4, 0.5) is 5.69 Å². The van der Waals surface area contributed by atoms with Gasteiger partial charge in [0.25, 0.3) is 5.69 Å². The Morgan fingerprint density at radius 2 is 1.86 bits per heavy atom. The monoisotopic (exact) mass is 399 g/mol. The van der Waals surface area contributed by atoms with Gasteiger partial charge in [0.1, 0.15) is 11.5 Å². The maximum absolute atomic E-state index is 12.0. The zero-order valence-corrected chi connectivity index (χ0v) is 13.1. The molecule has 2 aromatic carbocycles. The number of hydrogen-bond acceptors (Lipinski definition) is 5. The summed E-state index contributed by atoms with van der Waals surface area (Å²) in [5, 5.41) is 10.5. The molecule has 108 valence electrons. The molecule has 7 heteroatoms. The lowest BCUT2D eigenvalue weighted by molar-refractivity contribution is -0.384. The van der Waals surface area contributed by atoms with E-state index in [0.717, 1.165) is 3.57 Å². The second-order valence-corrected chi connectivity index (χ2v) is 5.15. The number of carbonyl (C=O) groups is 1. The summed E-state index contributed by atoms with van der Waals surface area (Å²) in [4.78, 5) is 22.0.